The Morgan fingerprint density at radius 2 is 2.55 bits per heavy atom. The van der Waals surface area contributed by atoms with Crippen molar-refractivity contribution in [2.24, 2.45) is 0 Å². The van der Waals surface area contributed by atoms with Crippen LogP contribution in [0.5, 0.6) is 0 Å². The van der Waals surface area contributed by atoms with Crippen molar-refractivity contribution in [2.75, 3.05) is 0 Å². The summed E-state index contributed by atoms with van der Waals surface area (Å²) >= 11 is 5.70. The molecule has 1 rings (SSSR count). The zero-order valence-electron chi connectivity index (χ0n) is 5.66. The molecular weight excluding hydrogens is 168 g/mol. The van der Waals surface area contributed by atoms with Crippen molar-refractivity contribution in [3.8, 4) is 0 Å². The lowest BCUT2D eigenvalue weighted by molar-refractivity contribution is -0.229. The maximum atomic E-state index is 10.7. The number of carbonyl (C=O) groups is 1. The third-order valence-corrected chi connectivity index (χ3v) is 1.64. The highest BCUT2D eigenvalue weighted by molar-refractivity contribution is 6.22. The van der Waals surface area contributed by atoms with Crippen LogP contribution in [0, 0.1) is 0 Å². The molecule has 1 aliphatic carbocycles. The first-order valence-corrected chi connectivity index (χ1v) is 3.56. The first-order chi connectivity index (χ1) is 5.24. The highest BCUT2D eigenvalue weighted by atomic mass is 35.5. The Morgan fingerprint density at radius 1 is 1.82 bits per heavy atom. The fourth-order valence-corrected chi connectivity index (χ4v) is 1.07. The molecule has 0 fully saturated rings. The fraction of sp³-hybridized carbons (Fsp3) is 0.286. The normalized spacial score (nSPS) is 22.7. The molecule has 0 spiro atoms. The zero-order chi connectivity index (χ0) is 8.27. The minimum atomic E-state index is -0.772. The van der Waals surface area contributed by atoms with Crippen LogP contribution in [0.2, 0.25) is 0 Å². The first-order valence-electron chi connectivity index (χ1n) is 3.12. The van der Waals surface area contributed by atoms with Crippen LogP contribution in [0.3, 0.4) is 0 Å². The van der Waals surface area contributed by atoms with Crippen LogP contribution in [0.25, 0.3) is 0 Å². The molecule has 60 valence electrons. The van der Waals surface area contributed by atoms with Crippen molar-refractivity contribution in [3.63, 3.8) is 0 Å². The number of carbonyl (C=O) groups excluding carboxylic acids is 1. The van der Waals surface area contributed by atoms with Crippen LogP contribution in [0.4, 0.5) is 0 Å². The van der Waals surface area contributed by atoms with Crippen LogP contribution < -0.4 is 0 Å². The van der Waals surface area contributed by atoms with E-state index in [4.69, 9.17) is 16.9 Å². The lowest BCUT2D eigenvalue weighted by Crippen LogP contribution is -2.08. The van der Waals surface area contributed by atoms with Crippen molar-refractivity contribution in [3.05, 3.63) is 23.8 Å². The summed E-state index contributed by atoms with van der Waals surface area (Å²) in [4.78, 5) is 14.2. The fourth-order valence-electron chi connectivity index (χ4n) is 0.832. The largest absolute Gasteiger partial charge is 0.372 e. The van der Waals surface area contributed by atoms with Crippen LogP contribution in [-0.4, -0.2) is 16.6 Å². The van der Waals surface area contributed by atoms with Gasteiger partial charge in [-0.3, -0.25) is 4.89 Å². The van der Waals surface area contributed by atoms with E-state index in [2.05, 4.69) is 4.89 Å². The summed E-state index contributed by atoms with van der Waals surface area (Å²) in [6.07, 6.45) is 5.56. The highest BCUT2D eigenvalue weighted by Gasteiger charge is 2.13. The molecule has 0 heterocycles. The summed E-state index contributed by atoms with van der Waals surface area (Å²) in [7, 11) is 0. The molecule has 1 N–H and O–H groups in total. The smallest absolute Gasteiger partial charge is 0.296 e. The predicted octanol–water partition coefficient (Wildman–Crippen LogP) is 1.50. The predicted molar refractivity (Wildman–Crippen MR) is 40.2 cm³/mol. The van der Waals surface area contributed by atoms with E-state index in [9.17, 15) is 4.79 Å². The van der Waals surface area contributed by atoms with Gasteiger partial charge in [0.1, 0.15) is 0 Å². The Hall–Kier alpha value is -0.800. The number of alkyl halides is 1. The molecule has 4 heteroatoms. The average Bonchev–Trinajstić information content (AvgIpc) is 2.03. The number of hydrogen-bond acceptors (Lipinski definition) is 3. The molecular formula is C7H7ClO3. The van der Waals surface area contributed by atoms with Crippen molar-refractivity contribution in [1.29, 1.82) is 0 Å². The molecule has 1 aliphatic rings. The molecule has 0 saturated carbocycles. The SMILES string of the molecule is O=C(OO)C1=CC(Cl)CC=C1. The quantitative estimate of drug-likeness (QED) is 0.372. The second kappa shape index (κ2) is 3.55. The van der Waals surface area contributed by atoms with Crippen LogP contribution >= 0.6 is 11.6 Å². The van der Waals surface area contributed by atoms with Gasteiger partial charge in [-0.2, -0.15) is 5.26 Å². The first kappa shape index (κ1) is 8.30. The number of allylic oxidation sites excluding steroid dienone is 2. The molecule has 1 unspecified atom stereocenters. The van der Waals surface area contributed by atoms with Gasteiger partial charge in [0.25, 0.3) is 0 Å². The van der Waals surface area contributed by atoms with Crippen molar-refractivity contribution in [2.45, 2.75) is 11.8 Å². The second-order valence-electron chi connectivity index (χ2n) is 2.15. The van der Waals surface area contributed by atoms with E-state index >= 15 is 0 Å². The number of halogens is 1. The molecule has 0 amide bonds. The maximum absolute atomic E-state index is 10.7. The van der Waals surface area contributed by atoms with Crippen molar-refractivity contribution in [1.82, 2.24) is 0 Å². The van der Waals surface area contributed by atoms with Gasteiger partial charge in [-0.05, 0) is 6.42 Å². The second-order valence-corrected chi connectivity index (χ2v) is 2.72. The minimum Gasteiger partial charge on any atom is -0.296 e. The van der Waals surface area contributed by atoms with Gasteiger partial charge >= 0.3 is 5.97 Å². The van der Waals surface area contributed by atoms with Crippen LogP contribution in [0.15, 0.2) is 23.8 Å². The lowest BCUT2D eigenvalue weighted by Gasteiger charge is -2.07. The molecule has 0 bridgehead atoms. The summed E-state index contributed by atoms with van der Waals surface area (Å²) in [5.74, 6) is -0.772. The Bertz CT molecular complexity index is 220. The van der Waals surface area contributed by atoms with E-state index in [1.165, 1.54) is 0 Å². The van der Waals surface area contributed by atoms with Gasteiger partial charge in [-0.1, -0.05) is 18.2 Å². The van der Waals surface area contributed by atoms with E-state index in [0.29, 0.717) is 12.0 Å². The van der Waals surface area contributed by atoms with Gasteiger partial charge in [0.2, 0.25) is 0 Å². The monoisotopic (exact) mass is 174 g/mol. The molecule has 0 aliphatic heterocycles. The summed E-state index contributed by atoms with van der Waals surface area (Å²) in [5, 5.41) is 7.82. The molecule has 3 nitrogen and oxygen atoms in total. The van der Waals surface area contributed by atoms with E-state index in [1.807, 2.05) is 0 Å². The number of hydrogen-bond donors (Lipinski definition) is 1. The third-order valence-electron chi connectivity index (χ3n) is 1.34. The Morgan fingerprint density at radius 3 is 3.09 bits per heavy atom. The third kappa shape index (κ3) is 2.06. The van der Waals surface area contributed by atoms with E-state index in [-0.39, 0.29) is 5.38 Å². The molecule has 0 radical (unpaired) electrons. The molecule has 0 saturated heterocycles. The van der Waals surface area contributed by atoms with E-state index in [0.717, 1.165) is 0 Å². The highest BCUT2D eigenvalue weighted by Crippen LogP contribution is 2.15. The summed E-state index contributed by atoms with van der Waals surface area (Å²) in [6.45, 7) is 0. The lowest BCUT2D eigenvalue weighted by atomic mass is 10.1. The average molecular weight is 175 g/mol. The Balaban J connectivity index is 2.71. The molecule has 1 atom stereocenters. The van der Waals surface area contributed by atoms with Gasteiger partial charge < -0.3 is 0 Å². The van der Waals surface area contributed by atoms with Gasteiger partial charge in [0.15, 0.2) is 0 Å². The van der Waals surface area contributed by atoms with Crippen molar-refractivity contribution >= 4 is 17.6 Å². The van der Waals surface area contributed by atoms with E-state index < -0.39 is 5.97 Å². The summed E-state index contributed by atoms with van der Waals surface area (Å²) in [5.41, 5.74) is 0.291. The molecule has 11 heavy (non-hydrogen) atoms. The zero-order valence-corrected chi connectivity index (χ0v) is 6.41. The van der Waals surface area contributed by atoms with Gasteiger partial charge in [0, 0.05) is 0 Å². The topological polar surface area (TPSA) is 46.5 Å². The molecule has 0 aromatic rings. The number of rotatable bonds is 1. The van der Waals surface area contributed by atoms with Crippen molar-refractivity contribution < 1.29 is 14.9 Å². The molecule has 0 aromatic heterocycles. The van der Waals surface area contributed by atoms with Gasteiger partial charge in [-0.15, -0.1) is 11.6 Å². The van der Waals surface area contributed by atoms with Gasteiger partial charge in [-0.25, -0.2) is 4.79 Å². The minimum absolute atomic E-state index is 0.186. The standard InChI is InChI=1S/C7H7ClO3/c8-6-3-1-2-5(4-6)7(9)11-10/h1-2,4,6,10H,3H2. The van der Waals surface area contributed by atoms with Crippen LogP contribution in [-0.2, 0) is 9.68 Å². The van der Waals surface area contributed by atoms with Crippen LogP contribution in [0.1, 0.15) is 6.42 Å². The van der Waals surface area contributed by atoms with E-state index in [1.54, 1.807) is 18.2 Å². The Kier molecular flexibility index (Phi) is 2.68. The van der Waals surface area contributed by atoms with Gasteiger partial charge in [0.05, 0.1) is 11.0 Å². The summed E-state index contributed by atoms with van der Waals surface area (Å²) < 4.78 is 0. The maximum Gasteiger partial charge on any atom is 0.372 e. The summed E-state index contributed by atoms with van der Waals surface area (Å²) in [6, 6.07) is 0. The Labute approximate surface area is 68.8 Å². The molecule has 0 aromatic carbocycles.